The fourth-order valence-corrected chi connectivity index (χ4v) is 6.98. The maximum absolute atomic E-state index is 13.1. The van der Waals surface area contributed by atoms with Crippen molar-refractivity contribution in [2.45, 2.75) is 53.6 Å². The Bertz CT molecular complexity index is 2010. The van der Waals surface area contributed by atoms with Crippen molar-refractivity contribution in [1.82, 2.24) is 19.8 Å². The van der Waals surface area contributed by atoms with E-state index in [1.807, 2.05) is 99.6 Å². The number of carbonyl (C=O) groups is 4. The molecule has 0 unspecified atom stereocenters. The van der Waals surface area contributed by atoms with Crippen molar-refractivity contribution in [3.05, 3.63) is 101 Å². The van der Waals surface area contributed by atoms with E-state index in [-0.39, 0.29) is 60.9 Å². The predicted molar refractivity (Wildman–Crippen MR) is 226 cm³/mol. The van der Waals surface area contributed by atoms with E-state index in [0.29, 0.717) is 17.7 Å². The number of aromatic nitrogens is 2. The van der Waals surface area contributed by atoms with Crippen LogP contribution in [0.4, 0.5) is 38.2 Å². The van der Waals surface area contributed by atoms with Crippen molar-refractivity contribution >= 4 is 68.4 Å². The molecule has 2 fully saturated rings. The molecule has 2 aromatic heterocycles. The van der Waals surface area contributed by atoms with E-state index in [4.69, 9.17) is 0 Å². The lowest BCUT2D eigenvalue weighted by atomic mass is 10.0. The number of carbonyl (C=O) groups excluding carboxylic acids is 4. The molecule has 0 saturated carbocycles. The van der Waals surface area contributed by atoms with Gasteiger partial charge >= 0.3 is 12.1 Å². The van der Waals surface area contributed by atoms with E-state index >= 15 is 0 Å². The molecule has 0 bridgehead atoms. The summed E-state index contributed by atoms with van der Waals surface area (Å²) < 4.78 is 0.715. The van der Waals surface area contributed by atoms with Gasteiger partial charge in [-0.1, -0.05) is 52.0 Å². The van der Waals surface area contributed by atoms with Crippen LogP contribution in [-0.4, -0.2) is 96.0 Å². The van der Waals surface area contributed by atoms with Gasteiger partial charge in [-0.2, -0.15) is 0 Å². The third-order valence-corrected chi connectivity index (χ3v) is 10.3. The molecule has 0 radical (unpaired) electrons. The first-order chi connectivity index (χ1) is 26.6. The fraction of sp³-hybridized carbons (Fsp3) is 0.381. The zero-order valence-corrected chi connectivity index (χ0v) is 34.9. The first-order valence-electron chi connectivity index (χ1n) is 18.8. The monoisotopic (exact) mass is 825 g/mol. The second-order valence-electron chi connectivity index (χ2n) is 15.1. The van der Waals surface area contributed by atoms with E-state index < -0.39 is 0 Å². The van der Waals surface area contributed by atoms with Crippen LogP contribution in [0.25, 0.3) is 0 Å². The molecular formula is C42H52BrN9O4. The second-order valence-corrected chi connectivity index (χ2v) is 15.9. The molecule has 14 heteroatoms. The van der Waals surface area contributed by atoms with Crippen LogP contribution < -0.4 is 25.3 Å². The summed E-state index contributed by atoms with van der Waals surface area (Å²) in [6.07, 6.45) is 3.37. The van der Waals surface area contributed by atoms with Gasteiger partial charge in [-0.05, 0) is 101 Å². The number of pyridine rings is 2. The number of rotatable bonds is 11. The Balaban J connectivity index is 0.000000215. The van der Waals surface area contributed by atoms with Gasteiger partial charge in [-0.15, -0.1) is 0 Å². The molecule has 6 rings (SSSR count). The van der Waals surface area contributed by atoms with Crippen molar-refractivity contribution in [3.8, 4) is 0 Å². The lowest BCUT2D eigenvalue weighted by Gasteiger charge is -2.25. The largest absolute Gasteiger partial charge is 0.363 e. The summed E-state index contributed by atoms with van der Waals surface area (Å²) in [5.74, 6) is 0.891. The lowest BCUT2D eigenvalue weighted by molar-refractivity contribution is -0.117. The normalized spacial score (nSPS) is 16.7. The molecule has 4 heterocycles. The van der Waals surface area contributed by atoms with E-state index in [2.05, 4.69) is 64.2 Å². The number of hydrogen-bond acceptors (Lipinski definition) is 7. The van der Waals surface area contributed by atoms with Crippen LogP contribution >= 0.6 is 15.9 Å². The zero-order chi connectivity index (χ0) is 40.7. The molecule has 0 aliphatic carbocycles. The molecule has 2 saturated heterocycles. The molecule has 56 heavy (non-hydrogen) atoms. The Morgan fingerprint density at radius 1 is 0.714 bits per heavy atom. The molecule has 0 spiro atoms. The van der Waals surface area contributed by atoms with Crippen LogP contribution in [0.2, 0.25) is 0 Å². The molecule has 2 aliphatic rings. The van der Waals surface area contributed by atoms with Gasteiger partial charge in [-0.3, -0.25) is 19.4 Å². The highest BCUT2D eigenvalue weighted by atomic mass is 79.9. The number of halogens is 1. The molecule has 2 aliphatic heterocycles. The van der Waals surface area contributed by atoms with E-state index in [1.165, 1.54) is 0 Å². The average Bonchev–Trinajstić information content (AvgIpc) is 3.64. The Morgan fingerprint density at radius 2 is 1.16 bits per heavy atom. The Kier molecular flexibility index (Phi) is 13.7. The predicted octanol–water partition coefficient (Wildman–Crippen LogP) is 7.42. The summed E-state index contributed by atoms with van der Waals surface area (Å²) >= 11 is 3.31. The third kappa shape index (κ3) is 10.4. The van der Waals surface area contributed by atoms with E-state index in [1.54, 1.807) is 38.1 Å². The van der Waals surface area contributed by atoms with Gasteiger partial charge in [0, 0.05) is 38.6 Å². The number of benzene rings is 2. The third-order valence-electron chi connectivity index (χ3n) is 9.79. The molecule has 296 valence electrons. The average molecular weight is 827 g/mol. The standard InChI is InChI=1S/C22H29N5O2.C20H23BrN4O2/c1-15(2)19-13-26(18-9-10-20(23-12-18)25(4)5)22(29)27(19)14-21(28)24-17-8-6-7-16(3)11-17;1-13(2)17-11-24(16-7-8-18(21)22-10-16)20(27)25(17)12-19(26)23-15-6-4-5-14(3)9-15/h6-12,15,19H,13-14H2,1-5H3,(H,24,28);4-10,13,17H,11-12H2,1-3H3,(H,23,26)/t19-;17-/m11/s1. The summed E-state index contributed by atoms with van der Waals surface area (Å²) in [5, 5.41) is 5.78. The number of urea groups is 2. The SMILES string of the molecule is Cc1cccc(NC(=O)CN2C(=O)N(c3ccc(Br)nc3)C[C@@H]2C(C)C)c1.Cc1cccc(NC(=O)CN2C(=O)N(c3ccc(N(C)C)nc3)C[C@@H]2C(C)C)c1. The van der Waals surface area contributed by atoms with Crippen LogP contribution in [0, 0.1) is 25.7 Å². The molecule has 4 aromatic rings. The maximum Gasteiger partial charge on any atom is 0.325 e. The van der Waals surface area contributed by atoms with Gasteiger partial charge in [0.2, 0.25) is 11.8 Å². The van der Waals surface area contributed by atoms with Crippen LogP contribution in [0.5, 0.6) is 0 Å². The van der Waals surface area contributed by atoms with Crippen molar-refractivity contribution < 1.29 is 19.2 Å². The highest BCUT2D eigenvalue weighted by Crippen LogP contribution is 2.29. The van der Waals surface area contributed by atoms with Gasteiger partial charge in [0.15, 0.2) is 0 Å². The summed E-state index contributed by atoms with van der Waals surface area (Å²) in [7, 11) is 3.85. The number of nitrogens with one attached hydrogen (secondary N) is 2. The van der Waals surface area contributed by atoms with Crippen LogP contribution in [-0.2, 0) is 9.59 Å². The minimum Gasteiger partial charge on any atom is -0.363 e. The molecule has 2 aromatic carbocycles. The quantitative estimate of drug-likeness (QED) is 0.151. The second kappa shape index (κ2) is 18.4. The minimum absolute atomic E-state index is 0.0231. The van der Waals surface area contributed by atoms with Gasteiger partial charge in [0.1, 0.15) is 23.5 Å². The minimum atomic E-state index is -0.199. The first-order valence-corrected chi connectivity index (χ1v) is 19.5. The smallest absolute Gasteiger partial charge is 0.325 e. The Hall–Kier alpha value is -5.50. The molecule has 2 atom stereocenters. The number of hydrogen-bond donors (Lipinski definition) is 2. The topological polar surface area (TPSA) is 134 Å². The fourth-order valence-electron chi connectivity index (χ4n) is 6.75. The summed E-state index contributed by atoms with van der Waals surface area (Å²) in [5.41, 5.74) is 5.09. The summed E-state index contributed by atoms with van der Waals surface area (Å²) in [6.45, 7) is 13.3. The first kappa shape index (κ1) is 41.7. The van der Waals surface area contributed by atoms with Crippen molar-refractivity contribution in [2.75, 3.05) is 65.6 Å². The van der Waals surface area contributed by atoms with Gasteiger partial charge in [-0.25, -0.2) is 19.6 Å². The van der Waals surface area contributed by atoms with Crippen molar-refractivity contribution in [3.63, 3.8) is 0 Å². The number of aryl methyl sites for hydroxylation is 2. The molecular weight excluding hydrogens is 774 g/mol. The van der Waals surface area contributed by atoms with Crippen molar-refractivity contribution in [1.29, 1.82) is 0 Å². The van der Waals surface area contributed by atoms with Crippen LogP contribution in [0.15, 0.2) is 89.8 Å². The highest BCUT2D eigenvalue weighted by Gasteiger charge is 2.41. The summed E-state index contributed by atoms with van der Waals surface area (Å²) in [4.78, 5) is 68.5. The Morgan fingerprint density at radius 3 is 1.52 bits per heavy atom. The Labute approximate surface area is 338 Å². The van der Waals surface area contributed by atoms with Gasteiger partial charge in [0.05, 0.1) is 35.9 Å². The number of anilines is 5. The van der Waals surface area contributed by atoms with Crippen LogP contribution in [0.1, 0.15) is 38.8 Å². The van der Waals surface area contributed by atoms with Gasteiger partial charge < -0.3 is 25.3 Å². The summed E-state index contributed by atoms with van der Waals surface area (Å²) in [6, 6.07) is 22.3. The van der Waals surface area contributed by atoms with E-state index in [0.717, 1.165) is 39.7 Å². The van der Waals surface area contributed by atoms with Crippen LogP contribution in [0.3, 0.4) is 0 Å². The number of nitrogens with zero attached hydrogens (tertiary/aromatic N) is 7. The molecule has 6 amide bonds. The van der Waals surface area contributed by atoms with Gasteiger partial charge in [0.25, 0.3) is 0 Å². The molecule has 13 nitrogen and oxygen atoms in total. The molecule has 2 N–H and O–H groups in total. The highest BCUT2D eigenvalue weighted by molar-refractivity contribution is 9.10. The maximum atomic E-state index is 13.1. The lowest BCUT2D eigenvalue weighted by Crippen LogP contribution is -2.42. The zero-order valence-electron chi connectivity index (χ0n) is 33.4. The number of amides is 6. The van der Waals surface area contributed by atoms with Crippen molar-refractivity contribution in [2.24, 2.45) is 11.8 Å². The van der Waals surface area contributed by atoms with E-state index in [9.17, 15) is 19.2 Å².